The van der Waals surface area contributed by atoms with E-state index < -0.39 is 0 Å². The van der Waals surface area contributed by atoms with Gasteiger partial charge in [0.1, 0.15) is 0 Å². The molecule has 1 heterocycles. The highest BCUT2D eigenvalue weighted by Gasteiger charge is 2.01. The predicted octanol–water partition coefficient (Wildman–Crippen LogP) is 1.83. The standard InChI is InChI=1S/C10H10N2O/c1-13-10-9-6-8(11)3-2-7(9)4-5-12-10/h2-6H,11H2,1H3. The predicted molar refractivity (Wildman–Crippen MR) is 52.7 cm³/mol. The smallest absolute Gasteiger partial charge is 0.221 e. The Hall–Kier alpha value is -1.77. The number of fused-ring (bicyclic) bond motifs is 1. The van der Waals surface area contributed by atoms with Crippen molar-refractivity contribution in [1.29, 1.82) is 0 Å². The third kappa shape index (κ3) is 1.28. The molecule has 1 aromatic carbocycles. The summed E-state index contributed by atoms with van der Waals surface area (Å²) in [6.07, 6.45) is 1.72. The van der Waals surface area contributed by atoms with Gasteiger partial charge < -0.3 is 10.5 Å². The number of nitrogens with two attached hydrogens (primary N) is 1. The Morgan fingerprint density at radius 2 is 2.15 bits per heavy atom. The van der Waals surface area contributed by atoms with E-state index in [0.29, 0.717) is 5.88 Å². The van der Waals surface area contributed by atoms with Gasteiger partial charge >= 0.3 is 0 Å². The summed E-state index contributed by atoms with van der Waals surface area (Å²) in [5, 5.41) is 2.03. The van der Waals surface area contributed by atoms with Crippen LogP contribution in [0.15, 0.2) is 30.5 Å². The lowest BCUT2D eigenvalue weighted by Crippen LogP contribution is -1.90. The van der Waals surface area contributed by atoms with Gasteiger partial charge in [0.25, 0.3) is 0 Å². The van der Waals surface area contributed by atoms with Gasteiger partial charge in [0.05, 0.1) is 7.11 Å². The summed E-state index contributed by atoms with van der Waals surface area (Å²) >= 11 is 0. The molecule has 0 saturated heterocycles. The van der Waals surface area contributed by atoms with Crippen LogP contribution in [-0.4, -0.2) is 12.1 Å². The zero-order valence-electron chi connectivity index (χ0n) is 7.32. The van der Waals surface area contributed by atoms with Crippen LogP contribution >= 0.6 is 0 Å². The van der Waals surface area contributed by atoms with Crippen LogP contribution in [0.4, 0.5) is 5.69 Å². The zero-order chi connectivity index (χ0) is 9.26. The van der Waals surface area contributed by atoms with Crippen molar-refractivity contribution in [2.75, 3.05) is 12.8 Å². The Labute approximate surface area is 76.2 Å². The van der Waals surface area contributed by atoms with Crippen LogP contribution in [0.5, 0.6) is 5.88 Å². The van der Waals surface area contributed by atoms with Crippen molar-refractivity contribution in [3.05, 3.63) is 30.5 Å². The van der Waals surface area contributed by atoms with Gasteiger partial charge in [0.2, 0.25) is 5.88 Å². The van der Waals surface area contributed by atoms with Crippen LogP contribution in [-0.2, 0) is 0 Å². The number of pyridine rings is 1. The molecule has 2 N–H and O–H groups in total. The minimum absolute atomic E-state index is 0.616. The summed E-state index contributed by atoms with van der Waals surface area (Å²) < 4.78 is 5.12. The molecule has 66 valence electrons. The molecule has 2 aromatic rings. The van der Waals surface area contributed by atoms with Crippen LogP contribution in [0.1, 0.15) is 0 Å². The maximum absolute atomic E-state index is 5.66. The largest absolute Gasteiger partial charge is 0.481 e. The van der Waals surface area contributed by atoms with E-state index in [1.807, 2.05) is 24.3 Å². The van der Waals surface area contributed by atoms with E-state index in [1.165, 1.54) is 0 Å². The van der Waals surface area contributed by atoms with Crippen molar-refractivity contribution in [1.82, 2.24) is 4.98 Å². The zero-order valence-corrected chi connectivity index (χ0v) is 7.32. The third-order valence-corrected chi connectivity index (χ3v) is 1.95. The molecule has 0 fully saturated rings. The second-order valence-corrected chi connectivity index (χ2v) is 2.80. The van der Waals surface area contributed by atoms with E-state index in [-0.39, 0.29) is 0 Å². The topological polar surface area (TPSA) is 48.1 Å². The molecule has 0 amide bonds. The number of nitrogens with zero attached hydrogens (tertiary/aromatic N) is 1. The summed E-state index contributed by atoms with van der Waals surface area (Å²) in [6.45, 7) is 0. The molecule has 0 aliphatic rings. The molecule has 0 atom stereocenters. The summed E-state index contributed by atoms with van der Waals surface area (Å²) in [4.78, 5) is 4.09. The summed E-state index contributed by atoms with van der Waals surface area (Å²) in [6, 6.07) is 7.61. The van der Waals surface area contributed by atoms with Gasteiger partial charge in [0.15, 0.2) is 0 Å². The minimum Gasteiger partial charge on any atom is -0.481 e. The molecule has 0 unspecified atom stereocenters. The average molecular weight is 174 g/mol. The first-order valence-corrected chi connectivity index (χ1v) is 3.99. The lowest BCUT2D eigenvalue weighted by atomic mass is 10.1. The Balaban J connectivity index is 2.79. The van der Waals surface area contributed by atoms with Crippen molar-refractivity contribution in [2.45, 2.75) is 0 Å². The molecule has 13 heavy (non-hydrogen) atoms. The van der Waals surface area contributed by atoms with Crippen LogP contribution in [0.3, 0.4) is 0 Å². The molecule has 0 aliphatic carbocycles. The number of hydrogen-bond donors (Lipinski definition) is 1. The van der Waals surface area contributed by atoms with Gasteiger partial charge in [-0.05, 0) is 23.6 Å². The van der Waals surface area contributed by atoms with Crippen molar-refractivity contribution >= 4 is 16.5 Å². The Kier molecular flexibility index (Phi) is 1.77. The van der Waals surface area contributed by atoms with Crippen molar-refractivity contribution in [3.63, 3.8) is 0 Å². The first-order valence-electron chi connectivity index (χ1n) is 3.99. The normalized spacial score (nSPS) is 10.2. The lowest BCUT2D eigenvalue weighted by Gasteiger charge is -2.03. The van der Waals surface area contributed by atoms with Gasteiger partial charge in [0, 0.05) is 17.3 Å². The molecule has 2 rings (SSSR count). The van der Waals surface area contributed by atoms with Crippen LogP contribution in [0, 0.1) is 0 Å². The maximum atomic E-state index is 5.66. The maximum Gasteiger partial charge on any atom is 0.221 e. The molecule has 0 spiro atoms. The molecule has 0 radical (unpaired) electrons. The van der Waals surface area contributed by atoms with Crippen LogP contribution < -0.4 is 10.5 Å². The third-order valence-electron chi connectivity index (χ3n) is 1.95. The average Bonchev–Trinajstić information content (AvgIpc) is 2.17. The second-order valence-electron chi connectivity index (χ2n) is 2.80. The van der Waals surface area contributed by atoms with E-state index in [0.717, 1.165) is 16.5 Å². The highest BCUT2D eigenvalue weighted by atomic mass is 16.5. The van der Waals surface area contributed by atoms with Gasteiger partial charge in [-0.2, -0.15) is 0 Å². The molecular formula is C10H10N2O. The van der Waals surface area contributed by atoms with E-state index in [1.54, 1.807) is 13.3 Å². The van der Waals surface area contributed by atoms with Gasteiger partial charge in [-0.3, -0.25) is 0 Å². The number of rotatable bonds is 1. The van der Waals surface area contributed by atoms with E-state index in [4.69, 9.17) is 10.5 Å². The molecule has 3 heteroatoms. The molecule has 1 aromatic heterocycles. The number of ether oxygens (including phenoxy) is 1. The first-order chi connectivity index (χ1) is 6.31. The van der Waals surface area contributed by atoms with Gasteiger partial charge in [-0.15, -0.1) is 0 Å². The van der Waals surface area contributed by atoms with E-state index in [2.05, 4.69) is 4.98 Å². The van der Waals surface area contributed by atoms with E-state index in [9.17, 15) is 0 Å². The number of aromatic nitrogens is 1. The lowest BCUT2D eigenvalue weighted by molar-refractivity contribution is 0.403. The van der Waals surface area contributed by atoms with Crippen LogP contribution in [0.25, 0.3) is 10.8 Å². The number of methoxy groups -OCH3 is 1. The molecular weight excluding hydrogens is 164 g/mol. The SMILES string of the molecule is COc1nccc2ccc(N)cc12. The summed E-state index contributed by atoms with van der Waals surface area (Å²) in [7, 11) is 1.60. The quantitative estimate of drug-likeness (QED) is 0.671. The molecule has 0 saturated carbocycles. The monoisotopic (exact) mass is 174 g/mol. The van der Waals surface area contributed by atoms with Crippen molar-refractivity contribution < 1.29 is 4.74 Å². The van der Waals surface area contributed by atoms with Gasteiger partial charge in [-0.25, -0.2) is 4.98 Å². The summed E-state index contributed by atoms with van der Waals surface area (Å²) in [5.74, 6) is 0.616. The Morgan fingerprint density at radius 1 is 1.31 bits per heavy atom. The molecule has 0 bridgehead atoms. The Morgan fingerprint density at radius 3 is 2.92 bits per heavy atom. The van der Waals surface area contributed by atoms with Crippen molar-refractivity contribution in [3.8, 4) is 5.88 Å². The first kappa shape index (κ1) is 7.86. The van der Waals surface area contributed by atoms with Crippen molar-refractivity contribution in [2.24, 2.45) is 0 Å². The fourth-order valence-corrected chi connectivity index (χ4v) is 1.32. The number of hydrogen-bond acceptors (Lipinski definition) is 3. The van der Waals surface area contributed by atoms with E-state index >= 15 is 0 Å². The van der Waals surface area contributed by atoms with Gasteiger partial charge in [-0.1, -0.05) is 6.07 Å². The molecule has 0 aliphatic heterocycles. The second kappa shape index (κ2) is 2.94. The molecule has 3 nitrogen and oxygen atoms in total. The fraction of sp³-hybridized carbons (Fsp3) is 0.100. The number of anilines is 1. The number of benzene rings is 1. The highest BCUT2D eigenvalue weighted by Crippen LogP contribution is 2.24. The number of nitrogen functional groups attached to an aromatic ring is 1. The fourth-order valence-electron chi connectivity index (χ4n) is 1.32. The Bertz CT molecular complexity index is 440. The summed E-state index contributed by atoms with van der Waals surface area (Å²) in [5.41, 5.74) is 6.39. The van der Waals surface area contributed by atoms with Crippen LogP contribution in [0.2, 0.25) is 0 Å². The highest BCUT2D eigenvalue weighted by molar-refractivity contribution is 5.89. The minimum atomic E-state index is 0.616.